The standard InChI is InChI=1S/C14H12F3N3O/c15-14(16,17)9-6-19-20(7-9)8-11-10-3-1-2-4-12(10)21-13(11)5-18/h1-4,6-7H,5,8,18H2. The number of fused-ring (bicyclic) bond motifs is 1. The minimum absolute atomic E-state index is 0.178. The van der Waals surface area contributed by atoms with Crippen LogP contribution in [-0.2, 0) is 19.3 Å². The molecule has 0 saturated heterocycles. The van der Waals surface area contributed by atoms with Crippen LogP contribution in [0.5, 0.6) is 0 Å². The number of benzene rings is 1. The van der Waals surface area contributed by atoms with Gasteiger partial charge < -0.3 is 10.2 Å². The molecule has 3 rings (SSSR count). The molecule has 3 aromatic rings. The minimum atomic E-state index is -4.40. The van der Waals surface area contributed by atoms with Crippen molar-refractivity contribution in [3.63, 3.8) is 0 Å². The van der Waals surface area contributed by atoms with Gasteiger partial charge in [-0.2, -0.15) is 18.3 Å². The number of furan rings is 1. The Morgan fingerprint density at radius 3 is 2.67 bits per heavy atom. The van der Waals surface area contributed by atoms with Crippen LogP contribution in [0.1, 0.15) is 16.9 Å². The molecule has 2 aromatic heterocycles. The molecule has 4 nitrogen and oxygen atoms in total. The predicted octanol–water partition coefficient (Wildman–Crippen LogP) is 3.16. The Hall–Kier alpha value is -2.28. The van der Waals surface area contributed by atoms with Crippen molar-refractivity contribution in [2.45, 2.75) is 19.3 Å². The fourth-order valence-corrected chi connectivity index (χ4v) is 2.25. The maximum Gasteiger partial charge on any atom is 0.419 e. The topological polar surface area (TPSA) is 57.0 Å². The van der Waals surface area contributed by atoms with E-state index in [-0.39, 0.29) is 13.1 Å². The van der Waals surface area contributed by atoms with Crippen LogP contribution in [0.3, 0.4) is 0 Å². The van der Waals surface area contributed by atoms with Gasteiger partial charge in [-0.1, -0.05) is 18.2 Å². The summed E-state index contributed by atoms with van der Waals surface area (Å²) in [6, 6.07) is 7.31. The second kappa shape index (κ2) is 4.92. The van der Waals surface area contributed by atoms with Crippen molar-refractivity contribution in [3.8, 4) is 0 Å². The highest BCUT2D eigenvalue weighted by Gasteiger charge is 2.32. The largest absolute Gasteiger partial charge is 0.459 e. The molecule has 1 aromatic carbocycles. The Labute approximate surface area is 118 Å². The van der Waals surface area contributed by atoms with Gasteiger partial charge in [0, 0.05) is 17.1 Å². The van der Waals surface area contributed by atoms with Crippen LogP contribution in [0.25, 0.3) is 11.0 Å². The van der Waals surface area contributed by atoms with Gasteiger partial charge in [-0.05, 0) is 6.07 Å². The van der Waals surface area contributed by atoms with Gasteiger partial charge in [0.1, 0.15) is 11.3 Å². The van der Waals surface area contributed by atoms with E-state index in [9.17, 15) is 13.2 Å². The van der Waals surface area contributed by atoms with Crippen molar-refractivity contribution in [1.82, 2.24) is 9.78 Å². The van der Waals surface area contributed by atoms with E-state index in [1.54, 1.807) is 6.07 Å². The first-order valence-electron chi connectivity index (χ1n) is 6.28. The predicted molar refractivity (Wildman–Crippen MR) is 70.4 cm³/mol. The van der Waals surface area contributed by atoms with E-state index in [0.717, 1.165) is 23.3 Å². The Kier molecular flexibility index (Phi) is 3.21. The summed E-state index contributed by atoms with van der Waals surface area (Å²) < 4.78 is 44.6. The van der Waals surface area contributed by atoms with Gasteiger partial charge in [0.2, 0.25) is 0 Å². The van der Waals surface area contributed by atoms with E-state index in [0.29, 0.717) is 11.3 Å². The molecule has 110 valence electrons. The molecule has 0 atom stereocenters. The van der Waals surface area contributed by atoms with Gasteiger partial charge in [0.15, 0.2) is 0 Å². The number of nitrogens with zero attached hydrogens (tertiary/aromatic N) is 2. The van der Waals surface area contributed by atoms with Gasteiger partial charge >= 0.3 is 6.18 Å². The van der Waals surface area contributed by atoms with Gasteiger partial charge in [0.05, 0.1) is 24.8 Å². The molecule has 0 spiro atoms. The lowest BCUT2D eigenvalue weighted by Crippen LogP contribution is -2.06. The summed E-state index contributed by atoms with van der Waals surface area (Å²) in [5.74, 6) is 0.556. The van der Waals surface area contributed by atoms with E-state index in [4.69, 9.17) is 10.2 Å². The summed E-state index contributed by atoms with van der Waals surface area (Å²) in [4.78, 5) is 0. The van der Waals surface area contributed by atoms with E-state index >= 15 is 0 Å². The van der Waals surface area contributed by atoms with E-state index < -0.39 is 11.7 Å². The van der Waals surface area contributed by atoms with Crippen molar-refractivity contribution >= 4 is 11.0 Å². The maximum absolute atomic E-state index is 12.6. The SMILES string of the molecule is NCc1oc2ccccc2c1Cn1cc(C(F)(F)F)cn1. The number of halogens is 3. The lowest BCUT2D eigenvalue weighted by atomic mass is 10.1. The first kappa shape index (κ1) is 13.7. The molecule has 0 fully saturated rings. The molecule has 2 N–H and O–H groups in total. The number of aromatic nitrogens is 2. The normalized spacial score (nSPS) is 12.2. The number of hydrogen-bond donors (Lipinski definition) is 1. The maximum atomic E-state index is 12.6. The molecule has 7 heteroatoms. The molecule has 2 heterocycles. The van der Waals surface area contributed by atoms with Crippen LogP contribution in [0, 0.1) is 0 Å². The van der Waals surface area contributed by atoms with Crippen LogP contribution in [0.15, 0.2) is 41.1 Å². The highest BCUT2D eigenvalue weighted by molar-refractivity contribution is 5.82. The zero-order valence-electron chi connectivity index (χ0n) is 10.9. The van der Waals surface area contributed by atoms with E-state index in [1.165, 1.54) is 4.68 Å². The molecular formula is C14H12F3N3O. The minimum Gasteiger partial charge on any atom is -0.459 e. The number of alkyl halides is 3. The molecule has 0 aliphatic carbocycles. The molecule has 0 amide bonds. The second-order valence-electron chi connectivity index (χ2n) is 4.63. The van der Waals surface area contributed by atoms with Crippen LogP contribution in [-0.4, -0.2) is 9.78 Å². The first-order valence-corrected chi connectivity index (χ1v) is 6.28. The van der Waals surface area contributed by atoms with Crippen molar-refractivity contribution in [2.75, 3.05) is 0 Å². The Balaban J connectivity index is 1.99. The van der Waals surface area contributed by atoms with Crippen LogP contribution < -0.4 is 5.73 Å². The Morgan fingerprint density at radius 2 is 2.00 bits per heavy atom. The fourth-order valence-electron chi connectivity index (χ4n) is 2.25. The van der Waals surface area contributed by atoms with Crippen molar-refractivity contribution in [1.29, 1.82) is 0 Å². The van der Waals surface area contributed by atoms with Gasteiger partial charge in [0.25, 0.3) is 0 Å². The van der Waals surface area contributed by atoms with Gasteiger partial charge in [-0.15, -0.1) is 0 Å². The van der Waals surface area contributed by atoms with Crippen molar-refractivity contribution in [2.24, 2.45) is 5.73 Å². The number of rotatable bonds is 3. The highest BCUT2D eigenvalue weighted by Crippen LogP contribution is 2.30. The number of para-hydroxylation sites is 1. The zero-order valence-corrected chi connectivity index (χ0v) is 10.9. The lowest BCUT2D eigenvalue weighted by molar-refractivity contribution is -0.137. The molecular weight excluding hydrogens is 283 g/mol. The van der Waals surface area contributed by atoms with Crippen molar-refractivity contribution < 1.29 is 17.6 Å². The van der Waals surface area contributed by atoms with Gasteiger partial charge in [-0.3, -0.25) is 4.68 Å². The Morgan fingerprint density at radius 1 is 1.24 bits per heavy atom. The third-order valence-corrected chi connectivity index (χ3v) is 3.25. The third-order valence-electron chi connectivity index (χ3n) is 3.25. The number of hydrogen-bond acceptors (Lipinski definition) is 3. The smallest absolute Gasteiger partial charge is 0.419 e. The molecule has 0 aliphatic rings. The van der Waals surface area contributed by atoms with Crippen molar-refractivity contribution in [3.05, 3.63) is 53.5 Å². The molecule has 0 aliphatic heterocycles. The summed E-state index contributed by atoms with van der Waals surface area (Å²) in [7, 11) is 0. The molecule has 0 saturated carbocycles. The van der Waals surface area contributed by atoms with Crippen LogP contribution >= 0.6 is 0 Å². The molecule has 0 unspecified atom stereocenters. The molecule has 0 radical (unpaired) electrons. The second-order valence-corrected chi connectivity index (χ2v) is 4.63. The quantitative estimate of drug-likeness (QED) is 0.807. The summed E-state index contributed by atoms with van der Waals surface area (Å²) in [5.41, 5.74) is 6.28. The zero-order chi connectivity index (χ0) is 15.0. The monoisotopic (exact) mass is 295 g/mol. The highest BCUT2D eigenvalue weighted by atomic mass is 19.4. The average molecular weight is 295 g/mol. The van der Waals surface area contributed by atoms with Crippen LogP contribution in [0.4, 0.5) is 13.2 Å². The van der Waals surface area contributed by atoms with Gasteiger partial charge in [-0.25, -0.2) is 0 Å². The van der Waals surface area contributed by atoms with E-state index in [2.05, 4.69) is 5.10 Å². The van der Waals surface area contributed by atoms with E-state index in [1.807, 2.05) is 18.2 Å². The lowest BCUT2D eigenvalue weighted by Gasteiger charge is -2.03. The summed E-state index contributed by atoms with van der Waals surface area (Å²) in [6.07, 6.45) is -2.61. The summed E-state index contributed by atoms with van der Waals surface area (Å²) in [5, 5.41) is 4.59. The fraction of sp³-hybridized carbons (Fsp3) is 0.214. The summed E-state index contributed by atoms with van der Waals surface area (Å²) >= 11 is 0. The summed E-state index contributed by atoms with van der Waals surface area (Å²) in [6.45, 7) is 0.358. The Bertz CT molecular complexity index is 773. The van der Waals surface area contributed by atoms with Crippen LogP contribution in [0.2, 0.25) is 0 Å². The first-order chi connectivity index (χ1) is 9.99. The molecule has 21 heavy (non-hydrogen) atoms. The molecule has 0 bridgehead atoms. The average Bonchev–Trinajstić information content (AvgIpc) is 3.04. The number of nitrogens with two attached hydrogens (primary N) is 1. The third kappa shape index (κ3) is 2.52.